The molecule has 1 fully saturated rings. The van der Waals surface area contributed by atoms with Crippen molar-refractivity contribution in [2.45, 2.75) is 21.5 Å². The summed E-state index contributed by atoms with van der Waals surface area (Å²) >= 11 is 5.84. The number of amides is 1. The lowest BCUT2D eigenvalue weighted by atomic mass is 10.2. The van der Waals surface area contributed by atoms with Crippen LogP contribution < -0.4 is 4.72 Å². The van der Waals surface area contributed by atoms with Crippen LogP contribution in [0, 0.1) is 5.82 Å². The topological polar surface area (TPSA) is 101 Å². The third-order valence-electron chi connectivity index (χ3n) is 5.50. The first-order valence-corrected chi connectivity index (χ1v) is 13.6. The summed E-state index contributed by atoms with van der Waals surface area (Å²) in [6, 6.07) is 16.6. The van der Waals surface area contributed by atoms with E-state index < -0.39 is 41.7 Å². The van der Waals surface area contributed by atoms with Gasteiger partial charge in [0.15, 0.2) is 9.84 Å². The number of benzene rings is 3. The number of nitrogens with zero attached hydrogens (tertiary/aromatic N) is 1. The summed E-state index contributed by atoms with van der Waals surface area (Å²) in [5.41, 5.74) is 0.261. The molecule has 1 unspecified atom stereocenters. The maximum atomic E-state index is 13.9. The maximum Gasteiger partial charge on any atom is 0.264 e. The quantitative estimate of drug-likeness (QED) is 0.528. The minimum Gasteiger partial charge on any atom is -0.337 e. The van der Waals surface area contributed by atoms with Crippen LogP contribution in [-0.2, 0) is 19.9 Å². The van der Waals surface area contributed by atoms with Gasteiger partial charge in [-0.15, -0.1) is 0 Å². The molecule has 1 N–H and O–H groups in total. The van der Waals surface area contributed by atoms with Crippen molar-refractivity contribution in [2.75, 3.05) is 17.8 Å². The molecule has 1 aliphatic heterocycles. The van der Waals surface area contributed by atoms with Crippen LogP contribution in [0.1, 0.15) is 16.8 Å². The number of likely N-dealkylation sites (tertiary alicyclic amines) is 1. The van der Waals surface area contributed by atoms with E-state index in [0.717, 1.165) is 12.1 Å². The van der Waals surface area contributed by atoms with E-state index in [1.807, 2.05) is 0 Å². The summed E-state index contributed by atoms with van der Waals surface area (Å²) in [5, 5.41) is -0.340. The van der Waals surface area contributed by atoms with Gasteiger partial charge in [0.2, 0.25) is 0 Å². The Labute approximate surface area is 202 Å². The van der Waals surface area contributed by atoms with Gasteiger partial charge in [-0.3, -0.25) is 9.52 Å². The van der Waals surface area contributed by atoms with E-state index in [1.165, 1.54) is 65.6 Å². The second-order valence-corrected chi connectivity index (χ2v) is 12.1. The lowest BCUT2D eigenvalue weighted by Crippen LogP contribution is -2.32. The molecule has 0 bridgehead atoms. The summed E-state index contributed by atoms with van der Waals surface area (Å²) in [4.78, 5) is 14.1. The van der Waals surface area contributed by atoms with Gasteiger partial charge in [0.25, 0.3) is 15.9 Å². The minimum absolute atomic E-state index is 0.00890. The molecule has 0 aliphatic carbocycles. The van der Waals surface area contributed by atoms with E-state index in [1.54, 1.807) is 0 Å². The Kier molecular flexibility index (Phi) is 6.66. The van der Waals surface area contributed by atoms with E-state index in [2.05, 4.69) is 4.72 Å². The molecular formula is C23H20ClFN2O5S2. The number of anilines is 1. The van der Waals surface area contributed by atoms with Gasteiger partial charge in [-0.2, -0.15) is 0 Å². The number of sulfone groups is 1. The number of nitrogens with one attached hydrogen (secondary N) is 1. The number of carbonyl (C=O) groups excluding carboxylic acids is 1. The number of halogens is 2. The molecule has 7 nitrogen and oxygen atoms in total. The summed E-state index contributed by atoms with van der Waals surface area (Å²) in [5.74, 6) is -1.33. The molecule has 3 aromatic rings. The highest BCUT2D eigenvalue weighted by Crippen LogP contribution is 2.27. The first-order valence-electron chi connectivity index (χ1n) is 10.2. The normalized spacial score (nSPS) is 16.4. The molecule has 1 amide bonds. The molecule has 3 aromatic carbocycles. The van der Waals surface area contributed by atoms with E-state index >= 15 is 0 Å². The number of hydrogen-bond donors (Lipinski definition) is 1. The predicted molar refractivity (Wildman–Crippen MR) is 127 cm³/mol. The molecule has 0 aromatic heterocycles. The average Bonchev–Trinajstić information content (AvgIpc) is 3.30. The summed E-state index contributed by atoms with van der Waals surface area (Å²) in [6.45, 7) is 0.247. The highest BCUT2D eigenvalue weighted by molar-refractivity contribution is 7.92. The monoisotopic (exact) mass is 522 g/mol. The maximum absolute atomic E-state index is 13.9. The Morgan fingerprint density at radius 2 is 1.68 bits per heavy atom. The van der Waals surface area contributed by atoms with Crippen LogP contribution in [0.5, 0.6) is 0 Å². The van der Waals surface area contributed by atoms with Gasteiger partial charge in [-0.1, -0.05) is 29.8 Å². The van der Waals surface area contributed by atoms with Crippen molar-refractivity contribution in [1.82, 2.24) is 4.90 Å². The van der Waals surface area contributed by atoms with Crippen LogP contribution in [0.4, 0.5) is 10.1 Å². The fourth-order valence-corrected chi connectivity index (χ4v) is 6.70. The number of hydrogen-bond acceptors (Lipinski definition) is 5. The molecule has 178 valence electrons. The highest BCUT2D eigenvalue weighted by Gasteiger charge is 2.36. The van der Waals surface area contributed by atoms with Crippen molar-refractivity contribution in [1.29, 1.82) is 0 Å². The standard InChI is InChI=1S/C23H20ClFN2O5S2/c24-17-8-10-19(11-9-17)33(29,30)20-12-13-27(15-20)23(28)16-4-3-5-18(14-16)26-34(31,32)22-7-2-1-6-21(22)25/h1-11,14,20,26H,12-13,15H2. The Hall–Kier alpha value is -2.95. The predicted octanol–water partition coefficient (Wildman–Crippen LogP) is 3.97. The van der Waals surface area contributed by atoms with Crippen molar-refractivity contribution in [2.24, 2.45) is 0 Å². The Morgan fingerprint density at radius 3 is 2.38 bits per heavy atom. The van der Waals surface area contributed by atoms with Crippen LogP contribution in [0.25, 0.3) is 0 Å². The lowest BCUT2D eigenvalue weighted by Gasteiger charge is -2.18. The zero-order valence-electron chi connectivity index (χ0n) is 17.7. The van der Waals surface area contributed by atoms with Gasteiger partial charge < -0.3 is 4.90 Å². The van der Waals surface area contributed by atoms with E-state index in [-0.39, 0.29) is 35.7 Å². The van der Waals surface area contributed by atoms with Crippen molar-refractivity contribution in [3.05, 3.63) is 89.2 Å². The zero-order valence-corrected chi connectivity index (χ0v) is 20.1. The first kappa shape index (κ1) is 24.2. The molecule has 1 atom stereocenters. The summed E-state index contributed by atoms with van der Waals surface area (Å²) < 4.78 is 67.2. The molecule has 1 heterocycles. The second-order valence-electron chi connectivity index (χ2n) is 7.78. The molecule has 0 saturated carbocycles. The number of carbonyl (C=O) groups is 1. The van der Waals surface area contributed by atoms with Crippen LogP contribution in [0.3, 0.4) is 0 Å². The van der Waals surface area contributed by atoms with Crippen LogP contribution in [-0.4, -0.2) is 46.0 Å². The summed E-state index contributed by atoms with van der Waals surface area (Å²) in [7, 11) is -7.86. The lowest BCUT2D eigenvalue weighted by molar-refractivity contribution is 0.0793. The molecule has 0 spiro atoms. The number of rotatable bonds is 6. The third-order valence-corrected chi connectivity index (χ3v) is 9.36. The van der Waals surface area contributed by atoms with Crippen molar-refractivity contribution >= 4 is 43.1 Å². The highest BCUT2D eigenvalue weighted by atomic mass is 35.5. The Bertz CT molecular complexity index is 1440. The summed E-state index contributed by atoms with van der Waals surface area (Å²) in [6.07, 6.45) is 0.274. The molecule has 4 rings (SSSR count). The molecule has 0 radical (unpaired) electrons. The van der Waals surface area contributed by atoms with Crippen LogP contribution in [0.15, 0.2) is 82.6 Å². The second kappa shape index (κ2) is 9.36. The van der Waals surface area contributed by atoms with E-state index in [4.69, 9.17) is 11.6 Å². The smallest absolute Gasteiger partial charge is 0.264 e. The van der Waals surface area contributed by atoms with Gasteiger partial charge in [-0.25, -0.2) is 21.2 Å². The molecule has 11 heteroatoms. The first-order chi connectivity index (χ1) is 16.1. The third kappa shape index (κ3) is 4.94. The van der Waals surface area contributed by atoms with Gasteiger partial charge in [0.05, 0.1) is 10.1 Å². The Morgan fingerprint density at radius 1 is 0.971 bits per heavy atom. The van der Waals surface area contributed by atoms with Crippen LogP contribution in [0.2, 0.25) is 5.02 Å². The minimum atomic E-state index is -4.21. The SMILES string of the molecule is O=C(c1cccc(NS(=O)(=O)c2ccccc2F)c1)N1CCC(S(=O)(=O)c2ccc(Cl)cc2)C1. The zero-order chi connectivity index (χ0) is 24.5. The van der Waals surface area contributed by atoms with Gasteiger partial charge in [0.1, 0.15) is 10.7 Å². The Balaban J connectivity index is 1.50. The molecule has 1 aliphatic rings. The van der Waals surface area contributed by atoms with Crippen molar-refractivity contribution in [3.63, 3.8) is 0 Å². The fourth-order valence-electron chi connectivity index (χ4n) is 3.75. The molecule has 34 heavy (non-hydrogen) atoms. The number of sulfonamides is 1. The van der Waals surface area contributed by atoms with E-state index in [0.29, 0.717) is 5.02 Å². The average molecular weight is 523 g/mol. The largest absolute Gasteiger partial charge is 0.337 e. The molecular weight excluding hydrogens is 503 g/mol. The van der Waals surface area contributed by atoms with Gasteiger partial charge in [0, 0.05) is 29.4 Å². The van der Waals surface area contributed by atoms with Crippen molar-refractivity contribution in [3.8, 4) is 0 Å². The van der Waals surface area contributed by atoms with Crippen LogP contribution >= 0.6 is 11.6 Å². The van der Waals surface area contributed by atoms with Gasteiger partial charge >= 0.3 is 0 Å². The fraction of sp³-hybridized carbons (Fsp3) is 0.174. The van der Waals surface area contributed by atoms with E-state index in [9.17, 15) is 26.0 Å². The molecule has 1 saturated heterocycles. The van der Waals surface area contributed by atoms with Gasteiger partial charge in [-0.05, 0) is 61.0 Å². The van der Waals surface area contributed by atoms with Crippen molar-refractivity contribution < 1.29 is 26.0 Å².